The summed E-state index contributed by atoms with van der Waals surface area (Å²) in [4.78, 5) is 11.8. The maximum atomic E-state index is 12.6. The molecule has 0 aliphatic heterocycles. The van der Waals surface area contributed by atoms with E-state index >= 15 is 0 Å². The van der Waals surface area contributed by atoms with E-state index in [1.807, 2.05) is 0 Å². The van der Waals surface area contributed by atoms with Gasteiger partial charge in [-0.3, -0.25) is 9.36 Å². The van der Waals surface area contributed by atoms with Crippen LogP contribution in [0.5, 0.6) is 0 Å². The number of pyridine rings is 1. The Morgan fingerprint density at radius 1 is 1.05 bits per heavy atom. The SMILES string of the molecule is O=c1cc(C(F)F)ccn1-c1c(Cl)cc(C(F)(F)F)cc1Cl. The first kappa shape index (κ1) is 16.8. The topological polar surface area (TPSA) is 22.0 Å². The van der Waals surface area contributed by atoms with Gasteiger partial charge in [-0.2, -0.15) is 13.2 Å². The van der Waals surface area contributed by atoms with Gasteiger partial charge in [0.05, 0.1) is 21.3 Å². The highest BCUT2D eigenvalue weighted by Crippen LogP contribution is 2.37. The van der Waals surface area contributed by atoms with Crippen molar-refractivity contribution in [2.24, 2.45) is 0 Å². The second-order valence-corrected chi connectivity index (χ2v) is 5.07. The smallest absolute Gasteiger partial charge is 0.281 e. The molecule has 0 atom stereocenters. The average Bonchev–Trinajstić information content (AvgIpc) is 2.38. The van der Waals surface area contributed by atoms with E-state index in [0.717, 1.165) is 16.8 Å². The molecule has 2 aromatic rings. The second kappa shape index (κ2) is 5.89. The van der Waals surface area contributed by atoms with Gasteiger partial charge in [0.15, 0.2) is 0 Å². The van der Waals surface area contributed by atoms with Gasteiger partial charge >= 0.3 is 6.18 Å². The predicted octanol–water partition coefficient (Wildman–Crippen LogP) is 5.10. The predicted molar refractivity (Wildman–Crippen MR) is 72.0 cm³/mol. The zero-order valence-electron chi connectivity index (χ0n) is 10.5. The highest BCUT2D eigenvalue weighted by molar-refractivity contribution is 6.37. The van der Waals surface area contributed by atoms with Gasteiger partial charge in [0.1, 0.15) is 0 Å². The third-order valence-electron chi connectivity index (χ3n) is 2.78. The zero-order valence-corrected chi connectivity index (χ0v) is 12.0. The van der Waals surface area contributed by atoms with Gasteiger partial charge < -0.3 is 0 Å². The van der Waals surface area contributed by atoms with Crippen LogP contribution in [0, 0.1) is 0 Å². The van der Waals surface area contributed by atoms with Crippen LogP contribution in [0.1, 0.15) is 17.6 Å². The molecule has 0 amide bonds. The molecule has 0 aliphatic carbocycles. The molecule has 0 radical (unpaired) electrons. The minimum Gasteiger partial charge on any atom is -0.281 e. The maximum Gasteiger partial charge on any atom is 0.416 e. The van der Waals surface area contributed by atoms with Crippen molar-refractivity contribution in [2.45, 2.75) is 12.6 Å². The first-order valence-electron chi connectivity index (χ1n) is 5.68. The summed E-state index contributed by atoms with van der Waals surface area (Å²) < 4.78 is 63.7. The van der Waals surface area contributed by atoms with Crippen molar-refractivity contribution in [3.8, 4) is 5.69 Å². The normalized spacial score (nSPS) is 12.0. The van der Waals surface area contributed by atoms with Gasteiger partial charge in [-0.05, 0) is 18.2 Å². The fourth-order valence-electron chi connectivity index (χ4n) is 1.77. The van der Waals surface area contributed by atoms with Crippen LogP contribution in [0.4, 0.5) is 22.0 Å². The molecule has 0 N–H and O–H groups in total. The fourth-order valence-corrected chi connectivity index (χ4v) is 2.44. The summed E-state index contributed by atoms with van der Waals surface area (Å²) >= 11 is 11.5. The lowest BCUT2D eigenvalue weighted by atomic mass is 10.2. The van der Waals surface area contributed by atoms with Crippen molar-refractivity contribution >= 4 is 23.2 Å². The number of rotatable bonds is 2. The summed E-state index contributed by atoms with van der Waals surface area (Å²) in [7, 11) is 0. The van der Waals surface area contributed by atoms with Crippen molar-refractivity contribution in [3.63, 3.8) is 0 Å². The van der Waals surface area contributed by atoms with Crippen LogP contribution >= 0.6 is 23.2 Å². The minimum atomic E-state index is -4.66. The molecule has 9 heteroatoms. The van der Waals surface area contributed by atoms with Crippen LogP contribution in [0.2, 0.25) is 10.0 Å². The Labute approximate surface area is 130 Å². The lowest BCUT2D eigenvalue weighted by Crippen LogP contribution is -2.18. The fraction of sp³-hybridized carbons (Fsp3) is 0.154. The van der Waals surface area contributed by atoms with Crippen LogP contribution in [0.15, 0.2) is 35.3 Å². The minimum absolute atomic E-state index is 0.206. The van der Waals surface area contributed by atoms with Gasteiger partial charge in [0.25, 0.3) is 12.0 Å². The van der Waals surface area contributed by atoms with Crippen LogP contribution in [-0.2, 0) is 6.18 Å². The Hall–Kier alpha value is -1.60. The molecule has 0 fully saturated rings. The highest BCUT2D eigenvalue weighted by Gasteiger charge is 2.32. The summed E-state index contributed by atoms with van der Waals surface area (Å²) in [6.07, 6.45) is -6.53. The molecular formula is C13H6Cl2F5NO. The monoisotopic (exact) mass is 357 g/mol. The van der Waals surface area contributed by atoms with E-state index in [9.17, 15) is 26.7 Å². The van der Waals surface area contributed by atoms with Crippen LogP contribution in [0.3, 0.4) is 0 Å². The van der Waals surface area contributed by atoms with Crippen molar-refractivity contribution < 1.29 is 22.0 Å². The lowest BCUT2D eigenvalue weighted by Gasteiger charge is -2.14. The van der Waals surface area contributed by atoms with Crippen molar-refractivity contribution in [3.05, 3.63) is 62.0 Å². The average molecular weight is 358 g/mol. The molecule has 0 saturated carbocycles. The number of benzene rings is 1. The van der Waals surface area contributed by atoms with Gasteiger partial charge in [0.2, 0.25) is 0 Å². The molecule has 0 saturated heterocycles. The van der Waals surface area contributed by atoms with E-state index in [0.29, 0.717) is 18.2 Å². The van der Waals surface area contributed by atoms with Crippen LogP contribution in [-0.4, -0.2) is 4.57 Å². The number of nitrogens with zero attached hydrogens (tertiary/aromatic N) is 1. The lowest BCUT2D eigenvalue weighted by molar-refractivity contribution is -0.137. The highest BCUT2D eigenvalue weighted by atomic mass is 35.5. The summed E-state index contributed by atoms with van der Waals surface area (Å²) in [5.41, 5.74) is -2.69. The van der Waals surface area contributed by atoms with Gasteiger partial charge in [-0.15, -0.1) is 0 Å². The molecule has 0 aliphatic rings. The first-order valence-corrected chi connectivity index (χ1v) is 6.44. The van der Waals surface area contributed by atoms with Crippen molar-refractivity contribution in [1.29, 1.82) is 0 Å². The number of aromatic nitrogens is 1. The number of alkyl halides is 5. The third kappa shape index (κ3) is 3.25. The summed E-state index contributed by atoms with van der Waals surface area (Å²) in [5, 5.41) is -0.849. The van der Waals surface area contributed by atoms with Gasteiger partial charge in [-0.1, -0.05) is 23.2 Å². The van der Waals surface area contributed by atoms with Crippen LogP contribution in [0.25, 0.3) is 5.69 Å². The molecule has 2 nitrogen and oxygen atoms in total. The Kier molecular flexibility index (Phi) is 4.49. The summed E-state index contributed by atoms with van der Waals surface area (Å²) in [5.74, 6) is 0. The van der Waals surface area contributed by atoms with E-state index in [1.54, 1.807) is 0 Å². The molecule has 1 aromatic heterocycles. The number of hydrogen-bond donors (Lipinski definition) is 0. The molecule has 0 bridgehead atoms. The standard InChI is InChI=1S/C13H6Cl2F5NO/c14-8-4-7(13(18,19)20)5-9(15)11(8)21-2-1-6(12(16)17)3-10(21)22/h1-5,12H. The Morgan fingerprint density at radius 2 is 1.59 bits per heavy atom. The zero-order chi connectivity index (χ0) is 16.7. The molecule has 1 aromatic carbocycles. The molecule has 118 valence electrons. The van der Waals surface area contributed by atoms with E-state index in [4.69, 9.17) is 23.2 Å². The number of halogens is 7. The third-order valence-corrected chi connectivity index (χ3v) is 3.36. The van der Waals surface area contributed by atoms with E-state index in [1.165, 1.54) is 0 Å². The second-order valence-electron chi connectivity index (χ2n) is 4.26. The van der Waals surface area contributed by atoms with E-state index in [-0.39, 0.29) is 5.69 Å². The van der Waals surface area contributed by atoms with Crippen molar-refractivity contribution in [1.82, 2.24) is 4.57 Å². The van der Waals surface area contributed by atoms with E-state index < -0.39 is 39.3 Å². The molecule has 2 rings (SSSR count). The van der Waals surface area contributed by atoms with Crippen molar-refractivity contribution in [2.75, 3.05) is 0 Å². The van der Waals surface area contributed by atoms with E-state index in [2.05, 4.69) is 0 Å². The Balaban J connectivity index is 2.62. The van der Waals surface area contributed by atoms with Gasteiger partial charge in [0, 0.05) is 17.8 Å². The van der Waals surface area contributed by atoms with Crippen LogP contribution < -0.4 is 5.56 Å². The Morgan fingerprint density at radius 3 is 2.00 bits per heavy atom. The largest absolute Gasteiger partial charge is 0.416 e. The first-order chi connectivity index (χ1) is 10.1. The summed E-state index contributed by atoms with van der Waals surface area (Å²) in [6, 6.07) is 2.83. The molecule has 1 heterocycles. The maximum absolute atomic E-state index is 12.6. The summed E-state index contributed by atoms with van der Waals surface area (Å²) in [6.45, 7) is 0. The molecule has 0 spiro atoms. The molecular weight excluding hydrogens is 352 g/mol. The molecule has 0 unspecified atom stereocenters. The van der Waals surface area contributed by atoms with Gasteiger partial charge in [-0.25, -0.2) is 8.78 Å². The number of hydrogen-bond acceptors (Lipinski definition) is 1. The Bertz CT molecular complexity index is 747. The quantitative estimate of drug-likeness (QED) is 0.685. The molecule has 22 heavy (non-hydrogen) atoms.